The van der Waals surface area contributed by atoms with E-state index >= 15 is 0 Å². The number of aliphatic hydroxyl groups is 1. The first kappa shape index (κ1) is 10.4. The first-order chi connectivity index (χ1) is 7.22. The summed E-state index contributed by atoms with van der Waals surface area (Å²) in [5, 5.41) is 13.3. The maximum atomic E-state index is 9.20. The molecule has 0 amide bonds. The van der Waals surface area contributed by atoms with Crippen molar-refractivity contribution < 1.29 is 5.11 Å². The minimum atomic E-state index is 0.00961. The van der Waals surface area contributed by atoms with Crippen molar-refractivity contribution in [2.45, 2.75) is 6.61 Å². The van der Waals surface area contributed by atoms with Gasteiger partial charge >= 0.3 is 0 Å². The van der Waals surface area contributed by atoms with E-state index in [9.17, 15) is 5.11 Å². The third kappa shape index (κ3) is 1.96. The lowest BCUT2D eigenvalue weighted by Gasteiger charge is -2.05. The zero-order valence-electron chi connectivity index (χ0n) is 8.31. The molecule has 1 heterocycles. The van der Waals surface area contributed by atoms with Gasteiger partial charge in [-0.1, -0.05) is 28.1 Å². The summed E-state index contributed by atoms with van der Waals surface area (Å²) in [5.74, 6) is 0. The lowest BCUT2D eigenvalue weighted by Crippen LogP contribution is -1.95. The highest BCUT2D eigenvalue weighted by Gasteiger charge is 2.09. The van der Waals surface area contributed by atoms with Crippen LogP contribution in [0.3, 0.4) is 0 Å². The largest absolute Gasteiger partial charge is 0.392 e. The molecule has 0 bridgehead atoms. The highest BCUT2D eigenvalue weighted by Crippen LogP contribution is 2.25. The fraction of sp³-hybridized carbons (Fsp3) is 0.182. The normalized spacial score (nSPS) is 10.6. The molecule has 0 radical (unpaired) electrons. The zero-order valence-corrected chi connectivity index (χ0v) is 9.90. The highest BCUT2D eigenvalue weighted by molar-refractivity contribution is 9.10. The molecule has 0 aliphatic rings. The fourth-order valence-corrected chi connectivity index (χ4v) is 2.01. The van der Waals surface area contributed by atoms with Gasteiger partial charge in [0.15, 0.2) is 0 Å². The number of aromatic nitrogens is 2. The summed E-state index contributed by atoms with van der Waals surface area (Å²) in [6.45, 7) is 0.00961. The lowest BCUT2D eigenvalue weighted by atomic mass is 10.1. The van der Waals surface area contributed by atoms with E-state index in [1.54, 1.807) is 10.9 Å². The third-order valence-electron chi connectivity index (χ3n) is 2.28. The number of aryl methyl sites for hydroxylation is 1. The molecule has 0 saturated carbocycles. The van der Waals surface area contributed by atoms with Gasteiger partial charge in [-0.15, -0.1) is 0 Å². The van der Waals surface area contributed by atoms with Crippen molar-refractivity contribution >= 4 is 15.9 Å². The Morgan fingerprint density at radius 3 is 2.93 bits per heavy atom. The molecule has 0 saturated heterocycles. The van der Waals surface area contributed by atoms with E-state index in [1.807, 2.05) is 31.3 Å². The summed E-state index contributed by atoms with van der Waals surface area (Å²) in [6, 6.07) is 7.95. The molecule has 1 N–H and O–H groups in total. The Morgan fingerprint density at radius 2 is 2.27 bits per heavy atom. The summed E-state index contributed by atoms with van der Waals surface area (Å²) in [7, 11) is 1.87. The van der Waals surface area contributed by atoms with E-state index in [0.29, 0.717) is 0 Å². The second kappa shape index (κ2) is 4.16. The van der Waals surface area contributed by atoms with Crippen LogP contribution in [0.5, 0.6) is 0 Å². The van der Waals surface area contributed by atoms with Gasteiger partial charge in [0, 0.05) is 22.6 Å². The van der Waals surface area contributed by atoms with Crippen molar-refractivity contribution in [3.8, 4) is 11.3 Å². The van der Waals surface area contributed by atoms with Crippen molar-refractivity contribution in [2.75, 3.05) is 0 Å². The van der Waals surface area contributed by atoms with Crippen LogP contribution in [0, 0.1) is 0 Å². The van der Waals surface area contributed by atoms with Crippen LogP contribution in [0.1, 0.15) is 5.56 Å². The van der Waals surface area contributed by atoms with Gasteiger partial charge in [0.1, 0.15) is 0 Å². The molecule has 2 rings (SSSR count). The van der Waals surface area contributed by atoms with Crippen LogP contribution in [0.2, 0.25) is 0 Å². The smallest absolute Gasteiger partial charge is 0.0734 e. The fourth-order valence-electron chi connectivity index (χ4n) is 1.61. The summed E-state index contributed by atoms with van der Waals surface area (Å²) in [6.07, 6.45) is 1.69. The Balaban J connectivity index is 2.57. The maximum Gasteiger partial charge on any atom is 0.0734 e. The van der Waals surface area contributed by atoms with E-state index < -0.39 is 0 Å². The Kier molecular flexibility index (Phi) is 2.88. The molecule has 0 aliphatic carbocycles. The van der Waals surface area contributed by atoms with Crippen LogP contribution in [0.4, 0.5) is 0 Å². The summed E-state index contributed by atoms with van der Waals surface area (Å²) in [5.41, 5.74) is 2.85. The second-order valence-corrected chi connectivity index (χ2v) is 4.23. The number of hydrogen-bond donors (Lipinski definition) is 1. The molecule has 1 aromatic carbocycles. The van der Waals surface area contributed by atoms with Gasteiger partial charge < -0.3 is 5.11 Å². The van der Waals surface area contributed by atoms with E-state index in [0.717, 1.165) is 21.3 Å². The number of halogens is 1. The van der Waals surface area contributed by atoms with Gasteiger partial charge in [-0.25, -0.2) is 0 Å². The third-order valence-corrected chi connectivity index (χ3v) is 2.78. The molecular formula is C11H11BrN2O. The quantitative estimate of drug-likeness (QED) is 0.906. The molecule has 0 unspecified atom stereocenters. The van der Waals surface area contributed by atoms with Crippen molar-refractivity contribution in [3.05, 3.63) is 40.5 Å². The van der Waals surface area contributed by atoms with Crippen molar-refractivity contribution in [2.24, 2.45) is 7.05 Å². The standard InChI is InChI=1S/C11H11BrN2O/c1-14-11(9(7-15)6-13-14)8-3-2-4-10(12)5-8/h2-6,15H,7H2,1H3. The molecule has 15 heavy (non-hydrogen) atoms. The van der Waals surface area contributed by atoms with Crippen LogP contribution >= 0.6 is 15.9 Å². The minimum absolute atomic E-state index is 0.00961. The molecule has 0 aliphatic heterocycles. The van der Waals surface area contributed by atoms with Crippen LogP contribution in [0.25, 0.3) is 11.3 Å². The Morgan fingerprint density at radius 1 is 1.47 bits per heavy atom. The first-order valence-corrected chi connectivity index (χ1v) is 5.39. The number of benzene rings is 1. The minimum Gasteiger partial charge on any atom is -0.392 e. The predicted molar refractivity (Wildman–Crippen MR) is 62.3 cm³/mol. The van der Waals surface area contributed by atoms with Crippen LogP contribution < -0.4 is 0 Å². The van der Waals surface area contributed by atoms with E-state index in [-0.39, 0.29) is 6.61 Å². The topological polar surface area (TPSA) is 38.0 Å². The molecule has 0 atom stereocenters. The highest BCUT2D eigenvalue weighted by atomic mass is 79.9. The number of nitrogens with zero attached hydrogens (tertiary/aromatic N) is 2. The number of hydrogen-bond acceptors (Lipinski definition) is 2. The second-order valence-electron chi connectivity index (χ2n) is 3.31. The lowest BCUT2D eigenvalue weighted by molar-refractivity contribution is 0.282. The Bertz CT molecular complexity index is 479. The Hall–Kier alpha value is -1.13. The van der Waals surface area contributed by atoms with Gasteiger partial charge in [-0.3, -0.25) is 4.68 Å². The van der Waals surface area contributed by atoms with E-state index in [2.05, 4.69) is 21.0 Å². The predicted octanol–water partition coefficient (Wildman–Crippen LogP) is 2.34. The maximum absolute atomic E-state index is 9.20. The first-order valence-electron chi connectivity index (χ1n) is 4.60. The molecule has 1 aromatic heterocycles. The van der Waals surface area contributed by atoms with Crippen molar-refractivity contribution in [1.82, 2.24) is 9.78 Å². The molecule has 2 aromatic rings. The molecular weight excluding hydrogens is 256 g/mol. The van der Waals surface area contributed by atoms with Gasteiger partial charge in [0.25, 0.3) is 0 Å². The number of rotatable bonds is 2. The molecule has 3 nitrogen and oxygen atoms in total. The molecule has 0 spiro atoms. The van der Waals surface area contributed by atoms with Gasteiger partial charge in [0.05, 0.1) is 18.5 Å². The zero-order chi connectivity index (χ0) is 10.8. The monoisotopic (exact) mass is 266 g/mol. The average Bonchev–Trinajstić information content (AvgIpc) is 2.59. The summed E-state index contributed by atoms with van der Waals surface area (Å²) >= 11 is 3.43. The Labute approximate surface area is 96.5 Å². The van der Waals surface area contributed by atoms with Crippen LogP contribution in [-0.2, 0) is 13.7 Å². The molecule has 0 fully saturated rings. The van der Waals surface area contributed by atoms with Crippen molar-refractivity contribution in [3.63, 3.8) is 0 Å². The van der Waals surface area contributed by atoms with E-state index in [4.69, 9.17) is 0 Å². The summed E-state index contributed by atoms with van der Waals surface area (Å²) < 4.78 is 2.79. The SMILES string of the molecule is Cn1ncc(CO)c1-c1cccc(Br)c1. The van der Waals surface area contributed by atoms with Crippen LogP contribution in [0.15, 0.2) is 34.9 Å². The summed E-state index contributed by atoms with van der Waals surface area (Å²) in [4.78, 5) is 0. The molecule has 78 valence electrons. The van der Waals surface area contributed by atoms with Crippen molar-refractivity contribution in [1.29, 1.82) is 0 Å². The number of aliphatic hydroxyl groups excluding tert-OH is 1. The average molecular weight is 267 g/mol. The van der Waals surface area contributed by atoms with Gasteiger partial charge in [0.2, 0.25) is 0 Å². The van der Waals surface area contributed by atoms with Crippen LogP contribution in [-0.4, -0.2) is 14.9 Å². The van der Waals surface area contributed by atoms with Gasteiger partial charge in [-0.05, 0) is 12.1 Å². The molecule has 4 heteroatoms. The van der Waals surface area contributed by atoms with Gasteiger partial charge in [-0.2, -0.15) is 5.10 Å². The van der Waals surface area contributed by atoms with E-state index in [1.165, 1.54) is 0 Å².